The number of rotatable bonds is 6. The van der Waals surface area contributed by atoms with Gasteiger partial charge >= 0.3 is 11.9 Å². The van der Waals surface area contributed by atoms with Crippen LogP contribution in [0.25, 0.3) is 0 Å². The van der Waals surface area contributed by atoms with Crippen molar-refractivity contribution in [1.82, 2.24) is 5.32 Å². The van der Waals surface area contributed by atoms with E-state index in [9.17, 15) is 14.4 Å². The Labute approximate surface area is 86.3 Å². The second-order valence-electron chi connectivity index (χ2n) is 3.11. The summed E-state index contributed by atoms with van der Waals surface area (Å²) in [6, 6.07) is -2.03. The molecule has 0 aliphatic carbocycles. The van der Waals surface area contributed by atoms with Gasteiger partial charge in [0.15, 0.2) is 0 Å². The molecule has 15 heavy (non-hydrogen) atoms. The second-order valence-corrected chi connectivity index (χ2v) is 3.11. The van der Waals surface area contributed by atoms with Crippen molar-refractivity contribution >= 4 is 17.8 Å². The topological polar surface area (TPSA) is 130 Å². The van der Waals surface area contributed by atoms with E-state index >= 15 is 0 Å². The molecule has 0 unspecified atom stereocenters. The first-order valence-corrected chi connectivity index (χ1v) is 4.35. The number of carbonyl (C=O) groups excluding carboxylic acids is 1. The molecule has 0 heterocycles. The Bertz CT molecular complexity index is 266. The van der Waals surface area contributed by atoms with E-state index < -0.39 is 29.9 Å². The fourth-order valence-corrected chi connectivity index (χ4v) is 0.792. The predicted molar refractivity (Wildman–Crippen MR) is 50.1 cm³/mol. The maximum Gasteiger partial charge on any atom is 0.325 e. The summed E-state index contributed by atoms with van der Waals surface area (Å²) in [4.78, 5) is 31.7. The van der Waals surface area contributed by atoms with Gasteiger partial charge in [0.1, 0.15) is 6.04 Å². The minimum atomic E-state index is -1.17. The van der Waals surface area contributed by atoms with Crippen LogP contribution in [-0.2, 0) is 14.4 Å². The van der Waals surface area contributed by atoms with Crippen molar-refractivity contribution in [3.05, 3.63) is 0 Å². The number of carboxylic acid groups (broad SMARTS) is 2. The van der Waals surface area contributed by atoms with Crippen LogP contribution in [0.3, 0.4) is 0 Å². The third kappa shape index (κ3) is 5.63. The van der Waals surface area contributed by atoms with Gasteiger partial charge in [-0.15, -0.1) is 0 Å². The summed E-state index contributed by atoms with van der Waals surface area (Å²) in [5, 5.41) is 19.0. The molecule has 2 atom stereocenters. The van der Waals surface area contributed by atoms with Crippen molar-refractivity contribution < 1.29 is 24.6 Å². The molecule has 0 bridgehead atoms. The summed E-state index contributed by atoms with van der Waals surface area (Å²) in [5.74, 6) is -2.88. The van der Waals surface area contributed by atoms with E-state index in [4.69, 9.17) is 15.9 Å². The van der Waals surface area contributed by atoms with Gasteiger partial charge < -0.3 is 21.3 Å². The van der Waals surface area contributed by atoms with Crippen LogP contribution in [0.5, 0.6) is 0 Å². The van der Waals surface area contributed by atoms with Crippen molar-refractivity contribution in [3.8, 4) is 0 Å². The molecule has 0 aromatic carbocycles. The Morgan fingerprint density at radius 3 is 2.27 bits per heavy atom. The summed E-state index contributed by atoms with van der Waals surface area (Å²) in [7, 11) is 0. The fraction of sp³-hybridized carbons (Fsp3) is 0.625. The number of aliphatic carboxylic acids is 2. The Hall–Kier alpha value is -1.63. The van der Waals surface area contributed by atoms with Crippen molar-refractivity contribution in [2.75, 3.05) is 0 Å². The highest BCUT2D eigenvalue weighted by atomic mass is 16.4. The normalized spacial score (nSPS) is 14.0. The van der Waals surface area contributed by atoms with Gasteiger partial charge in [-0.25, -0.2) is 0 Å². The summed E-state index contributed by atoms with van der Waals surface area (Å²) < 4.78 is 0. The quantitative estimate of drug-likeness (QED) is 0.441. The van der Waals surface area contributed by atoms with E-state index in [1.807, 2.05) is 0 Å². The van der Waals surface area contributed by atoms with E-state index in [0.717, 1.165) is 0 Å². The highest BCUT2D eigenvalue weighted by Gasteiger charge is 2.19. The lowest BCUT2D eigenvalue weighted by molar-refractivity contribution is -0.142. The molecule has 0 aliphatic heterocycles. The van der Waals surface area contributed by atoms with Crippen LogP contribution in [0, 0.1) is 0 Å². The standard InChI is InChI=1S/C8H14N2O5/c1-4(8(14)15)10-7(13)5(9)2-3-6(11)12/h4-5H,2-3,9H2,1H3,(H,10,13)(H,11,12)(H,14,15)/t4-,5-/m1/s1. The molecule has 0 aliphatic rings. The third-order valence-corrected chi connectivity index (χ3v) is 1.74. The predicted octanol–water partition coefficient (Wildman–Crippen LogP) is -1.23. The van der Waals surface area contributed by atoms with Crippen LogP contribution < -0.4 is 11.1 Å². The molecule has 0 aromatic rings. The van der Waals surface area contributed by atoms with Crippen LogP contribution in [0.4, 0.5) is 0 Å². The molecule has 5 N–H and O–H groups in total. The van der Waals surface area contributed by atoms with E-state index in [-0.39, 0.29) is 12.8 Å². The van der Waals surface area contributed by atoms with Crippen LogP contribution in [0.1, 0.15) is 19.8 Å². The van der Waals surface area contributed by atoms with Crippen molar-refractivity contribution in [2.45, 2.75) is 31.8 Å². The average molecular weight is 218 g/mol. The van der Waals surface area contributed by atoms with E-state index in [1.165, 1.54) is 6.92 Å². The minimum absolute atomic E-state index is 0.0203. The van der Waals surface area contributed by atoms with Gasteiger partial charge in [0, 0.05) is 6.42 Å². The van der Waals surface area contributed by atoms with Gasteiger partial charge in [-0.1, -0.05) is 0 Å². The van der Waals surface area contributed by atoms with Crippen molar-refractivity contribution in [1.29, 1.82) is 0 Å². The lowest BCUT2D eigenvalue weighted by Gasteiger charge is -2.13. The number of amides is 1. The summed E-state index contributed by atoms with van der Waals surface area (Å²) in [6.45, 7) is 1.30. The van der Waals surface area contributed by atoms with E-state index in [0.29, 0.717) is 0 Å². The van der Waals surface area contributed by atoms with E-state index in [1.54, 1.807) is 0 Å². The highest BCUT2D eigenvalue weighted by molar-refractivity contribution is 5.86. The van der Waals surface area contributed by atoms with Gasteiger partial charge in [0.05, 0.1) is 6.04 Å². The van der Waals surface area contributed by atoms with Gasteiger partial charge in [-0.2, -0.15) is 0 Å². The second kappa shape index (κ2) is 5.97. The largest absolute Gasteiger partial charge is 0.481 e. The fourth-order valence-electron chi connectivity index (χ4n) is 0.792. The maximum absolute atomic E-state index is 11.2. The monoisotopic (exact) mass is 218 g/mol. The lowest BCUT2D eigenvalue weighted by Crippen LogP contribution is -2.47. The smallest absolute Gasteiger partial charge is 0.325 e. The molecule has 0 aromatic heterocycles. The van der Waals surface area contributed by atoms with Crippen LogP contribution >= 0.6 is 0 Å². The van der Waals surface area contributed by atoms with Gasteiger partial charge in [-0.3, -0.25) is 14.4 Å². The number of carbonyl (C=O) groups is 3. The molecule has 86 valence electrons. The van der Waals surface area contributed by atoms with Crippen LogP contribution in [-0.4, -0.2) is 40.1 Å². The molecule has 7 nitrogen and oxygen atoms in total. The number of carboxylic acids is 2. The summed E-state index contributed by atoms with van der Waals surface area (Å²) in [5.41, 5.74) is 5.35. The average Bonchev–Trinajstić information content (AvgIpc) is 2.13. The van der Waals surface area contributed by atoms with Gasteiger partial charge in [0.25, 0.3) is 0 Å². The molecule has 0 saturated heterocycles. The first-order chi connectivity index (χ1) is 6.84. The van der Waals surface area contributed by atoms with Crippen LogP contribution in [0.2, 0.25) is 0 Å². The van der Waals surface area contributed by atoms with Gasteiger partial charge in [0.2, 0.25) is 5.91 Å². The van der Waals surface area contributed by atoms with Gasteiger partial charge in [-0.05, 0) is 13.3 Å². The molecule has 0 radical (unpaired) electrons. The Balaban J connectivity index is 3.99. The molecular formula is C8H14N2O5. The molecule has 0 saturated carbocycles. The molecule has 7 heteroatoms. The zero-order chi connectivity index (χ0) is 12.0. The Morgan fingerprint density at radius 1 is 1.33 bits per heavy atom. The van der Waals surface area contributed by atoms with Crippen molar-refractivity contribution in [3.63, 3.8) is 0 Å². The summed E-state index contributed by atoms with van der Waals surface area (Å²) in [6.07, 6.45) is -0.246. The Kier molecular flexibility index (Phi) is 5.32. The SMILES string of the molecule is C[C@@H](NC(=O)[C@H](N)CCC(=O)O)C(=O)O. The zero-order valence-electron chi connectivity index (χ0n) is 8.27. The number of hydrogen-bond donors (Lipinski definition) is 4. The molecule has 0 fully saturated rings. The third-order valence-electron chi connectivity index (χ3n) is 1.74. The first-order valence-electron chi connectivity index (χ1n) is 4.35. The Morgan fingerprint density at radius 2 is 1.87 bits per heavy atom. The van der Waals surface area contributed by atoms with Crippen LogP contribution in [0.15, 0.2) is 0 Å². The molecule has 0 rings (SSSR count). The van der Waals surface area contributed by atoms with E-state index in [2.05, 4.69) is 5.32 Å². The zero-order valence-corrected chi connectivity index (χ0v) is 8.27. The lowest BCUT2D eigenvalue weighted by atomic mass is 10.1. The molecule has 1 amide bonds. The highest BCUT2D eigenvalue weighted by Crippen LogP contribution is 1.95. The molecular weight excluding hydrogens is 204 g/mol. The number of nitrogens with one attached hydrogen (secondary N) is 1. The first kappa shape index (κ1) is 13.4. The molecule has 0 spiro atoms. The number of nitrogens with two attached hydrogens (primary N) is 1. The van der Waals surface area contributed by atoms with Crippen molar-refractivity contribution in [2.24, 2.45) is 5.73 Å². The number of hydrogen-bond acceptors (Lipinski definition) is 4. The maximum atomic E-state index is 11.2. The minimum Gasteiger partial charge on any atom is -0.481 e. The summed E-state index contributed by atoms with van der Waals surface area (Å²) >= 11 is 0.